The van der Waals surface area contributed by atoms with Gasteiger partial charge in [0.1, 0.15) is 0 Å². The first-order valence-electron chi connectivity index (χ1n) is 6.76. The topological polar surface area (TPSA) is 27.8 Å². The fourth-order valence-corrected chi connectivity index (χ4v) is 3.41. The first-order chi connectivity index (χ1) is 9.74. The molecule has 2 N–H and O–H groups in total. The number of rotatable bonds is 5. The summed E-state index contributed by atoms with van der Waals surface area (Å²) in [5, 5.41) is 6.99. The Morgan fingerprint density at radius 3 is 3.00 bits per heavy atom. The molecule has 20 heavy (non-hydrogen) atoms. The van der Waals surface area contributed by atoms with Crippen molar-refractivity contribution in [2.75, 3.05) is 6.54 Å². The van der Waals surface area contributed by atoms with Crippen LogP contribution < -0.4 is 5.32 Å². The van der Waals surface area contributed by atoms with E-state index in [1.54, 1.807) is 11.3 Å². The summed E-state index contributed by atoms with van der Waals surface area (Å²) in [7, 11) is 0. The van der Waals surface area contributed by atoms with E-state index < -0.39 is 0 Å². The zero-order valence-corrected chi connectivity index (χ0v) is 12.9. The molecule has 0 radical (unpaired) electrons. The smallest absolute Gasteiger partial charge is 0.0931 e. The van der Waals surface area contributed by atoms with Gasteiger partial charge in [0.15, 0.2) is 0 Å². The molecule has 0 bridgehead atoms. The Morgan fingerprint density at radius 1 is 1.35 bits per heavy atom. The molecule has 2 heterocycles. The molecule has 0 saturated heterocycles. The summed E-state index contributed by atoms with van der Waals surface area (Å²) < 4.78 is 0.852. The molecule has 2 aromatic heterocycles. The third-order valence-electron chi connectivity index (χ3n) is 3.61. The van der Waals surface area contributed by atoms with Crippen LogP contribution in [0, 0.1) is 0 Å². The Hall–Kier alpha value is -1.29. The van der Waals surface area contributed by atoms with E-state index in [1.807, 2.05) is 6.07 Å². The van der Waals surface area contributed by atoms with Crippen molar-refractivity contribution >= 4 is 33.8 Å². The summed E-state index contributed by atoms with van der Waals surface area (Å²) in [5.74, 6) is 0. The van der Waals surface area contributed by atoms with Gasteiger partial charge in [-0.1, -0.05) is 29.8 Å². The number of aromatic amines is 1. The third-order valence-corrected chi connectivity index (χ3v) is 4.72. The number of halogens is 1. The first kappa shape index (κ1) is 13.7. The van der Waals surface area contributed by atoms with Crippen LogP contribution in [0.15, 0.2) is 41.9 Å². The molecule has 0 aliphatic carbocycles. The van der Waals surface area contributed by atoms with Crippen LogP contribution in [0.5, 0.6) is 0 Å². The van der Waals surface area contributed by atoms with E-state index in [-0.39, 0.29) is 0 Å². The fraction of sp³-hybridized carbons (Fsp3) is 0.250. The highest BCUT2D eigenvalue weighted by molar-refractivity contribution is 7.14. The zero-order chi connectivity index (χ0) is 13.9. The van der Waals surface area contributed by atoms with E-state index in [9.17, 15) is 0 Å². The molecule has 104 valence electrons. The van der Waals surface area contributed by atoms with Gasteiger partial charge in [0.25, 0.3) is 0 Å². The number of nitrogens with one attached hydrogen (secondary N) is 2. The number of hydrogen-bond donors (Lipinski definition) is 2. The predicted octanol–water partition coefficient (Wildman–Crippen LogP) is 4.78. The largest absolute Gasteiger partial charge is 0.361 e. The van der Waals surface area contributed by atoms with Gasteiger partial charge in [0.05, 0.1) is 4.34 Å². The third kappa shape index (κ3) is 2.90. The Balaban J connectivity index is 1.60. The molecule has 0 saturated carbocycles. The van der Waals surface area contributed by atoms with Crippen LogP contribution in [0.4, 0.5) is 0 Å². The maximum absolute atomic E-state index is 5.97. The number of thiophene rings is 1. The molecule has 0 amide bonds. The number of benzene rings is 1. The molecule has 1 aromatic carbocycles. The molecule has 0 spiro atoms. The van der Waals surface area contributed by atoms with E-state index in [1.165, 1.54) is 22.0 Å². The summed E-state index contributed by atoms with van der Waals surface area (Å²) in [5.41, 5.74) is 3.84. The quantitative estimate of drug-likeness (QED) is 0.698. The highest BCUT2D eigenvalue weighted by Gasteiger charge is 2.08. The second kappa shape index (κ2) is 6.00. The highest BCUT2D eigenvalue weighted by atomic mass is 35.5. The lowest BCUT2D eigenvalue weighted by atomic mass is 10.1. The van der Waals surface area contributed by atoms with Gasteiger partial charge in [-0.3, -0.25) is 0 Å². The zero-order valence-electron chi connectivity index (χ0n) is 11.3. The van der Waals surface area contributed by atoms with Crippen molar-refractivity contribution in [2.24, 2.45) is 0 Å². The molecule has 4 heteroatoms. The van der Waals surface area contributed by atoms with Crippen molar-refractivity contribution in [1.82, 2.24) is 10.3 Å². The van der Waals surface area contributed by atoms with Gasteiger partial charge in [-0.2, -0.15) is 0 Å². The van der Waals surface area contributed by atoms with Crippen molar-refractivity contribution in [3.8, 4) is 0 Å². The summed E-state index contributed by atoms with van der Waals surface area (Å²) >= 11 is 7.56. The van der Waals surface area contributed by atoms with Crippen LogP contribution in [0.25, 0.3) is 10.9 Å². The van der Waals surface area contributed by atoms with Crippen LogP contribution in [-0.2, 0) is 6.42 Å². The molecule has 1 unspecified atom stereocenters. The van der Waals surface area contributed by atoms with Crippen molar-refractivity contribution < 1.29 is 0 Å². The van der Waals surface area contributed by atoms with E-state index >= 15 is 0 Å². The van der Waals surface area contributed by atoms with Crippen LogP contribution in [-0.4, -0.2) is 11.5 Å². The van der Waals surface area contributed by atoms with Gasteiger partial charge in [-0.25, -0.2) is 0 Å². The molecule has 0 fully saturated rings. The Morgan fingerprint density at radius 2 is 2.20 bits per heavy atom. The summed E-state index contributed by atoms with van der Waals surface area (Å²) in [6.07, 6.45) is 3.13. The fourth-order valence-electron chi connectivity index (χ4n) is 2.43. The van der Waals surface area contributed by atoms with Gasteiger partial charge >= 0.3 is 0 Å². The van der Waals surface area contributed by atoms with Crippen molar-refractivity contribution in [3.05, 3.63) is 57.4 Å². The van der Waals surface area contributed by atoms with Gasteiger partial charge in [-0.15, -0.1) is 11.3 Å². The predicted molar refractivity (Wildman–Crippen MR) is 87.7 cm³/mol. The summed E-state index contributed by atoms with van der Waals surface area (Å²) in [6.45, 7) is 3.13. The number of aromatic nitrogens is 1. The molecule has 3 rings (SSSR count). The number of H-pyrrole nitrogens is 1. The minimum absolute atomic E-state index is 0.337. The minimum Gasteiger partial charge on any atom is -0.361 e. The molecule has 0 aliphatic heterocycles. The number of fused-ring (bicyclic) bond motifs is 1. The molecular formula is C16H17ClN2S. The number of para-hydroxylation sites is 1. The Bertz CT molecular complexity index is 701. The van der Waals surface area contributed by atoms with E-state index in [0.29, 0.717) is 6.04 Å². The van der Waals surface area contributed by atoms with Crippen LogP contribution in [0.2, 0.25) is 4.34 Å². The molecule has 2 nitrogen and oxygen atoms in total. The standard InChI is InChI=1S/C16H17ClN2S/c1-11(13-8-16(17)20-10-13)18-7-6-12-9-19-15-5-3-2-4-14(12)15/h2-5,8-11,18-19H,6-7H2,1H3. The van der Waals surface area contributed by atoms with Crippen LogP contribution in [0.1, 0.15) is 24.1 Å². The first-order valence-corrected chi connectivity index (χ1v) is 8.02. The molecule has 1 atom stereocenters. The van der Waals surface area contributed by atoms with E-state index in [2.05, 4.69) is 53.1 Å². The van der Waals surface area contributed by atoms with Crippen molar-refractivity contribution in [2.45, 2.75) is 19.4 Å². The van der Waals surface area contributed by atoms with Gasteiger partial charge < -0.3 is 10.3 Å². The maximum Gasteiger partial charge on any atom is 0.0931 e. The van der Waals surface area contributed by atoms with Crippen LogP contribution >= 0.6 is 22.9 Å². The van der Waals surface area contributed by atoms with Crippen molar-refractivity contribution in [3.63, 3.8) is 0 Å². The van der Waals surface area contributed by atoms with E-state index in [0.717, 1.165) is 17.3 Å². The maximum atomic E-state index is 5.97. The van der Waals surface area contributed by atoms with Gasteiger partial charge in [-0.05, 0) is 48.5 Å². The lowest BCUT2D eigenvalue weighted by Crippen LogP contribution is -2.20. The summed E-state index contributed by atoms with van der Waals surface area (Å²) in [4.78, 5) is 3.32. The van der Waals surface area contributed by atoms with Crippen LogP contribution in [0.3, 0.4) is 0 Å². The molecule has 3 aromatic rings. The average Bonchev–Trinajstić information content (AvgIpc) is 3.06. The van der Waals surface area contributed by atoms with Gasteiger partial charge in [0.2, 0.25) is 0 Å². The monoisotopic (exact) mass is 304 g/mol. The minimum atomic E-state index is 0.337. The van der Waals surface area contributed by atoms with E-state index in [4.69, 9.17) is 11.6 Å². The Labute approximate surface area is 127 Å². The SMILES string of the molecule is CC(NCCc1c[nH]c2ccccc12)c1csc(Cl)c1. The second-order valence-corrected chi connectivity index (χ2v) is 6.51. The number of hydrogen-bond acceptors (Lipinski definition) is 2. The highest BCUT2D eigenvalue weighted by Crippen LogP contribution is 2.24. The van der Waals surface area contributed by atoms with Gasteiger partial charge in [0, 0.05) is 23.1 Å². The summed E-state index contributed by atoms with van der Waals surface area (Å²) in [6, 6.07) is 10.8. The molecular weight excluding hydrogens is 288 g/mol. The van der Waals surface area contributed by atoms with Crippen molar-refractivity contribution in [1.29, 1.82) is 0 Å². The Kier molecular flexibility index (Phi) is 4.10. The normalized spacial score (nSPS) is 12.9. The lowest BCUT2D eigenvalue weighted by Gasteiger charge is -2.12. The molecule has 0 aliphatic rings. The second-order valence-electron chi connectivity index (χ2n) is 4.97. The lowest BCUT2D eigenvalue weighted by molar-refractivity contribution is 0.579. The average molecular weight is 305 g/mol.